The molecule has 29 heavy (non-hydrogen) atoms. The molecule has 2 N–H and O–H groups in total. The van der Waals surface area contributed by atoms with Crippen LogP contribution in [-0.4, -0.2) is 91.3 Å². The summed E-state index contributed by atoms with van der Waals surface area (Å²) in [7, 11) is 0. The molecule has 0 aromatic rings. The highest BCUT2D eigenvalue weighted by Gasteiger charge is 2.32. The number of hydroxylamine groups is 2. The summed E-state index contributed by atoms with van der Waals surface area (Å²) in [6, 6.07) is 0.424. The number of piperidine rings is 2. The third-order valence-electron chi connectivity index (χ3n) is 5.98. The largest absolute Gasteiger partial charge is 0.364 e. The lowest BCUT2D eigenvalue weighted by atomic mass is 10.0. The summed E-state index contributed by atoms with van der Waals surface area (Å²) < 4.78 is 0. The highest BCUT2D eigenvalue weighted by molar-refractivity contribution is 5.86. The first-order valence-electron chi connectivity index (χ1n) is 10.1. The zero-order chi connectivity index (χ0) is 18.4. The first kappa shape index (κ1) is 28.6. The zero-order valence-corrected chi connectivity index (χ0v) is 19.5. The molecule has 1 amide bonds. The van der Waals surface area contributed by atoms with Crippen molar-refractivity contribution in [3.63, 3.8) is 0 Å². The minimum absolute atomic E-state index is 0. The van der Waals surface area contributed by atoms with Gasteiger partial charge in [0.15, 0.2) is 0 Å². The maximum absolute atomic E-state index is 12.6. The first-order chi connectivity index (χ1) is 12.7. The maximum Gasteiger partial charge on any atom is 0.341 e. The van der Waals surface area contributed by atoms with Crippen LogP contribution in [0.15, 0.2) is 0 Å². The van der Waals surface area contributed by atoms with Crippen molar-refractivity contribution in [2.75, 3.05) is 45.8 Å². The molecule has 0 aromatic heterocycles. The summed E-state index contributed by atoms with van der Waals surface area (Å²) in [5, 5.41) is 7.80. The molecule has 3 heterocycles. The number of carbonyl (C=O) groups is 2. The fraction of sp³-hybridized carbons (Fsp3) is 0.889. The number of carbonyl (C=O) groups excluding carboxylic acids is 2. The number of piperazine rings is 1. The summed E-state index contributed by atoms with van der Waals surface area (Å²) in [6.45, 7) is 8.65. The Labute approximate surface area is 192 Å². The second-order valence-electron chi connectivity index (χ2n) is 7.58. The topological polar surface area (TPSA) is 77.2 Å². The van der Waals surface area contributed by atoms with Crippen LogP contribution < -0.4 is 10.6 Å². The minimum Gasteiger partial charge on any atom is -0.364 e. The molecular weight excluding hydrogens is 441 g/mol. The third kappa shape index (κ3) is 8.01. The molecule has 3 aliphatic rings. The van der Waals surface area contributed by atoms with Gasteiger partial charge in [-0.3, -0.25) is 14.6 Å². The summed E-state index contributed by atoms with van der Waals surface area (Å²) in [4.78, 5) is 33.8. The quantitative estimate of drug-likeness (QED) is 0.554. The van der Waals surface area contributed by atoms with Gasteiger partial charge in [0.05, 0.1) is 0 Å². The van der Waals surface area contributed by atoms with E-state index in [-0.39, 0.29) is 55.4 Å². The van der Waals surface area contributed by atoms with Crippen LogP contribution in [0, 0.1) is 0 Å². The van der Waals surface area contributed by atoms with E-state index in [1.54, 1.807) is 5.06 Å². The molecule has 0 spiro atoms. The van der Waals surface area contributed by atoms with Gasteiger partial charge in [-0.15, -0.1) is 42.3 Å². The predicted octanol–water partition coefficient (Wildman–Crippen LogP) is 1.03. The second kappa shape index (κ2) is 14.6. The minimum atomic E-state index is -0.260. The second-order valence-corrected chi connectivity index (χ2v) is 7.58. The number of amides is 1. The molecule has 3 aliphatic heterocycles. The van der Waals surface area contributed by atoms with Crippen LogP contribution in [0.3, 0.4) is 0 Å². The highest BCUT2D eigenvalue weighted by atomic mass is 35.5. The summed E-state index contributed by atoms with van der Waals surface area (Å²) in [6.07, 6.45) is 5.75. The Morgan fingerprint density at radius 2 is 1.69 bits per heavy atom. The molecule has 11 heteroatoms. The van der Waals surface area contributed by atoms with Crippen molar-refractivity contribution in [1.29, 1.82) is 0 Å². The Balaban J connectivity index is 0.00000261. The van der Waals surface area contributed by atoms with Crippen molar-refractivity contribution >= 4 is 49.6 Å². The highest BCUT2D eigenvalue weighted by Crippen LogP contribution is 2.18. The average Bonchev–Trinajstić information content (AvgIpc) is 2.70. The predicted molar refractivity (Wildman–Crippen MR) is 120 cm³/mol. The molecule has 0 aliphatic carbocycles. The van der Waals surface area contributed by atoms with Crippen LogP contribution in [-0.2, 0) is 14.4 Å². The van der Waals surface area contributed by atoms with E-state index in [0.29, 0.717) is 19.0 Å². The normalized spacial score (nSPS) is 25.5. The number of hydrogen-bond donors (Lipinski definition) is 2. The van der Waals surface area contributed by atoms with Gasteiger partial charge in [0.1, 0.15) is 12.2 Å². The molecule has 172 valence electrons. The molecule has 3 rings (SSSR count). The smallest absolute Gasteiger partial charge is 0.341 e. The lowest BCUT2D eigenvalue weighted by Crippen LogP contribution is -2.57. The van der Waals surface area contributed by atoms with Crippen LogP contribution in [0.5, 0.6) is 0 Å². The van der Waals surface area contributed by atoms with E-state index < -0.39 is 0 Å². The van der Waals surface area contributed by atoms with E-state index in [9.17, 15) is 9.59 Å². The summed E-state index contributed by atoms with van der Waals surface area (Å²) >= 11 is 0. The third-order valence-corrected chi connectivity index (χ3v) is 5.98. The standard InChI is InChI=1S/C18H33N5O3.3ClH/c1-15(18(25)26-23-9-3-2-4-17(23)20-14-24)21-10-12-22(13-11-21)16-5-7-19-8-6-16;;;/h14-17,19H,2-13H2,1H3,(H,20,24);3*1H. The number of rotatable bonds is 6. The molecular formula is C18H36Cl3N5O3. The van der Waals surface area contributed by atoms with Gasteiger partial charge >= 0.3 is 5.97 Å². The van der Waals surface area contributed by atoms with Crippen molar-refractivity contribution in [2.24, 2.45) is 0 Å². The van der Waals surface area contributed by atoms with E-state index in [0.717, 1.165) is 58.5 Å². The van der Waals surface area contributed by atoms with Crippen molar-refractivity contribution in [2.45, 2.75) is 57.3 Å². The molecule has 2 unspecified atom stereocenters. The molecule has 0 bridgehead atoms. The van der Waals surface area contributed by atoms with E-state index in [1.807, 2.05) is 6.92 Å². The lowest BCUT2D eigenvalue weighted by molar-refractivity contribution is -0.216. The summed E-state index contributed by atoms with van der Waals surface area (Å²) in [5.74, 6) is -0.222. The Kier molecular flexibility index (Phi) is 14.4. The van der Waals surface area contributed by atoms with Gasteiger partial charge in [-0.25, -0.2) is 4.79 Å². The number of nitrogens with one attached hydrogen (secondary N) is 2. The first-order valence-corrected chi connectivity index (χ1v) is 10.1. The van der Waals surface area contributed by atoms with Crippen molar-refractivity contribution in [3.8, 4) is 0 Å². The van der Waals surface area contributed by atoms with Gasteiger partial charge in [0.2, 0.25) is 6.41 Å². The van der Waals surface area contributed by atoms with Crippen LogP contribution in [0.1, 0.15) is 39.0 Å². The van der Waals surface area contributed by atoms with Crippen LogP contribution >= 0.6 is 37.2 Å². The van der Waals surface area contributed by atoms with E-state index in [2.05, 4.69) is 20.4 Å². The Hall–Kier alpha value is -0.350. The Morgan fingerprint density at radius 3 is 2.31 bits per heavy atom. The monoisotopic (exact) mass is 475 g/mol. The van der Waals surface area contributed by atoms with Gasteiger partial charge in [-0.05, 0) is 52.1 Å². The van der Waals surface area contributed by atoms with Crippen molar-refractivity contribution in [1.82, 2.24) is 25.5 Å². The van der Waals surface area contributed by atoms with Gasteiger partial charge in [0.25, 0.3) is 0 Å². The molecule has 0 aromatic carbocycles. The number of halogens is 3. The summed E-state index contributed by atoms with van der Waals surface area (Å²) in [5.41, 5.74) is 0. The van der Waals surface area contributed by atoms with Crippen molar-refractivity contribution < 1.29 is 14.4 Å². The molecule has 3 fully saturated rings. The SMILES string of the molecule is CC(C(=O)ON1CCCCC1NC=O)N1CCN(C2CCNCC2)CC1.Cl.Cl.Cl. The maximum atomic E-state index is 12.6. The van der Waals surface area contributed by atoms with Gasteiger partial charge in [-0.2, -0.15) is 0 Å². The number of hydrogen-bond acceptors (Lipinski definition) is 7. The van der Waals surface area contributed by atoms with Crippen molar-refractivity contribution in [3.05, 3.63) is 0 Å². The molecule has 8 nitrogen and oxygen atoms in total. The average molecular weight is 477 g/mol. The van der Waals surface area contributed by atoms with Gasteiger partial charge in [-0.1, -0.05) is 0 Å². The lowest BCUT2D eigenvalue weighted by Gasteiger charge is -2.42. The molecule has 0 saturated carbocycles. The van der Waals surface area contributed by atoms with Crippen LogP contribution in [0.4, 0.5) is 0 Å². The van der Waals surface area contributed by atoms with Crippen LogP contribution in [0.2, 0.25) is 0 Å². The Morgan fingerprint density at radius 1 is 1.03 bits per heavy atom. The van der Waals surface area contributed by atoms with Gasteiger partial charge < -0.3 is 15.5 Å². The van der Waals surface area contributed by atoms with Gasteiger partial charge in [0, 0.05) is 38.8 Å². The van der Waals surface area contributed by atoms with Crippen LogP contribution in [0.25, 0.3) is 0 Å². The van der Waals surface area contributed by atoms with E-state index >= 15 is 0 Å². The molecule has 2 atom stereocenters. The fourth-order valence-electron chi connectivity index (χ4n) is 4.26. The van der Waals surface area contributed by atoms with E-state index in [4.69, 9.17) is 4.84 Å². The zero-order valence-electron chi connectivity index (χ0n) is 17.1. The Bertz CT molecular complexity index is 478. The fourth-order valence-corrected chi connectivity index (χ4v) is 4.26. The van der Waals surface area contributed by atoms with E-state index in [1.165, 1.54) is 12.8 Å². The molecule has 0 radical (unpaired) electrons. The molecule has 3 saturated heterocycles. The number of nitrogens with zero attached hydrogens (tertiary/aromatic N) is 3.